The molecule has 0 aliphatic heterocycles. The number of hydrogen-bond acceptors (Lipinski definition) is 5. The molecule has 0 bridgehead atoms. The Kier molecular flexibility index (Phi) is 3.74. The molecule has 3 N–H and O–H groups in total. The Labute approximate surface area is 116 Å². The molecule has 9 heteroatoms. The van der Waals surface area contributed by atoms with E-state index >= 15 is 0 Å². The van der Waals surface area contributed by atoms with E-state index in [1.807, 2.05) is 0 Å². The first-order chi connectivity index (χ1) is 9.90. The number of amides is 1. The van der Waals surface area contributed by atoms with Crippen LogP contribution in [0.5, 0.6) is 0 Å². The highest BCUT2D eigenvalue weighted by molar-refractivity contribution is 6.05. The number of aromatic nitrogens is 1. The highest BCUT2D eigenvalue weighted by atomic mass is 19.1. The van der Waals surface area contributed by atoms with Crippen molar-refractivity contribution < 1.29 is 18.5 Å². The molecule has 0 unspecified atom stereocenters. The van der Waals surface area contributed by atoms with Gasteiger partial charge in [-0.25, -0.2) is 9.37 Å². The number of rotatable bonds is 3. The highest BCUT2D eigenvalue weighted by Gasteiger charge is 2.26. The van der Waals surface area contributed by atoms with Crippen molar-refractivity contribution in [2.24, 2.45) is 0 Å². The summed E-state index contributed by atoms with van der Waals surface area (Å²) in [5.41, 5.74) is 3.46. The topological polar surface area (TPSA) is 111 Å². The van der Waals surface area contributed by atoms with E-state index in [1.165, 1.54) is 18.3 Å². The Hall–Kier alpha value is -3.10. The maximum Gasteiger partial charge on any atom is 0.305 e. The van der Waals surface area contributed by atoms with Crippen molar-refractivity contribution in [1.82, 2.24) is 4.98 Å². The van der Waals surface area contributed by atoms with E-state index in [1.54, 1.807) is 0 Å². The van der Waals surface area contributed by atoms with E-state index in [0.29, 0.717) is 12.1 Å². The number of nitrogens with two attached hydrogens (primary N) is 1. The van der Waals surface area contributed by atoms with Gasteiger partial charge >= 0.3 is 5.69 Å². The number of hydrogen-bond donors (Lipinski definition) is 2. The maximum atomic E-state index is 13.8. The van der Waals surface area contributed by atoms with E-state index in [9.17, 15) is 23.7 Å². The van der Waals surface area contributed by atoms with Gasteiger partial charge in [-0.15, -0.1) is 0 Å². The van der Waals surface area contributed by atoms with E-state index in [-0.39, 0.29) is 11.5 Å². The van der Waals surface area contributed by atoms with E-state index in [4.69, 9.17) is 5.73 Å². The van der Waals surface area contributed by atoms with E-state index in [0.717, 1.165) is 0 Å². The molecule has 1 aromatic heterocycles. The molecule has 0 aliphatic carbocycles. The lowest BCUT2D eigenvalue weighted by Gasteiger charge is -2.07. The Morgan fingerprint density at radius 1 is 1.29 bits per heavy atom. The van der Waals surface area contributed by atoms with Gasteiger partial charge in [-0.05, 0) is 18.2 Å². The second-order valence-electron chi connectivity index (χ2n) is 3.94. The second kappa shape index (κ2) is 5.49. The lowest BCUT2D eigenvalue weighted by atomic mass is 10.1. The Morgan fingerprint density at radius 3 is 2.57 bits per heavy atom. The van der Waals surface area contributed by atoms with Crippen LogP contribution in [0.3, 0.4) is 0 Å². The molecule has 0 radical (unpaired) electrons. The average molecular weight is 294 g/mol. The number of halogens is 2. The first kappa shape index (κ1) is 14.3. The van der Waals surface area contributed by atoms with Crippen molar-refractivity contribution >= 4 is 23.1 Å². The molecule has 7 nitrogen and oxygen atoms in total. The zero-order chi connectivity index (χ0) is 15.6. The van der Waals surface area contributed by atoms with Crippen molar-refractivity contribution in [2.75, 3.05) is 11.1 Å². The van der Waals surface area contributed by atoms with Crippen molar-refractivity contribution in [3.63, 3.8) is 0 Å². The maximum absolute atomic E-state index is 13.8. The van der Waals surface area contributed by atoms with Gasteiger partial charge < -0.3 is 11.1 Å². The summed E-state index contributed by atoms with van der Waals surface area (Å²) in [7, 11) is 0. The smallest absolute Gasteiger partial charge is 0.305 e. The van der Waals surface area contributed by atoms with Gasteiger partial charge in [0.15, 0.2) is 0 Å². The molecule has 1 heterocycles. The lowest BCUT2D eigenvalue weighted by molar-refractivity contribution is -0.387. The zero-order valence-corrected chi connectivity index (χ0v) is 10.3. The minimum Gasteiger partial charge on any atom is -0.384 e. The van der Waals surface area contributed by atoms with E-state index in [2.05, 4.69) is 10.3 Å². The normalized spacial score (nSPS) is 10.2. The van der Waals surface area contributed by atoms with Gasteiger partial charge in [0, 0.05) is 6.07 Å². The SMILES string of the molecule is Nc1ccc(NC(=O)c2c(F)ccc([N+](=O)[O-])c2F)cn1. The predicted molar refractivity (Wildman–Crippen MR) is 69.6 cm³/mol. The molecule has 21 heavy (non-hydrogen) atoms. The highest BCUT2D eigenvalue weighted by Crippen LogP contribution is 2.24. The van der Waals surface area contributed by atoms with Crippen molar-refractivity contribution in [3.05, 3.63) is 57.8 Å². The van der Waals surface area contributed by atoms with Crippen LogP contribution >= 0.6 is 0 Å². The molecular weight excluding hydrogens is 286 g/mol. The quantitative estimate of drug-likeness (QED) is 0.665. The number of nitro groups is 1. The average Bonchev–Trinajstić information content (AvgIpc) is 2.41. The van der Waals surface area contributed by atoms with Gasteiger partial charge in [-0.2, -0.15) is 4.39 Å². The van der Waals surface area contributed by atoms with Crippen molar-refractivity contribution in [3.8, 4) is 0 Å². The number of benzene rings is 1. The molecular formula is C12H8F2N4O3. The number of nitrogen functional groups attached to an aromatic ring is 1. The largest absolute Gasteiger partial charge is 0.384 e. The molecule has 0 fully saturated rings. The van der Waals surface area contributed by atoms with Crippen LogP contribution in [0.15, 0.2) is 30.5 Å². The predicted octanol–water partition coefficient (Wildman–Crippen LogP) is 2.10. The molecule has 2 rings (SSSR count). The van der Waals surface area contributed by atoms with Gasteiger partial charge in [0.1, 0.15) is 17.2 Å². The fourth-order valence-corrected chi connectivity index (χ4v) is 1.56. The third kappa shape index (κ3) is 2.91. The first-order valence-corrected chi connectivity index (χ1v) is 5.55. The number of anilines is 2. The molecule has 0 spiro atoms. The van der Waals surface area contributed by atoms with Gasteiger partial charge in [0.05, 0.1) is 16.8 Å². The van der Waals surface area contributed by atoms with Crippen LogP contribution in [0, 0.1) is 21.7 Å². The summed E-state index contributed by atoms with van der Waals surface area (Å²) in [6.07, 6.45) is 1.18. The minimum absolute atomic E-state index is 0.138. The summed E-state index contributed by atoms with van der Waals surface area (Å²) in [5.74, 6) is -3.72. The third-order valence-electron chi connectivity index (χ3n) is 2.54. The molecule has 1 aromatic carbocycles. The summed E-state index contributed by atoms with van der Waals surface area (Å²) in [5, 5.41) is 12.8. The van der Waals surface area contributed by atoms with Crippen LogP contribution in [0.4, 0.5) is 26.0 Å². The molecule has 2 aromatic rings. The number of pyridine rings is 1. The monoisotopic (exact) mass is 294 g/mol. The summed E-state index contributed by atoms with van der Waals surface area (Å²) >= 11 is 0. The molecule has 0 atom stereocenters. The van der Waals surface area contributed by atoms with Crippen LogP contribution < -0.4 is 11.1 Å². The van der Waals surface area contributed by atoms with Crippen LogP contribution in [0.1, 0.15) is 10.4 Å². The van der Waals surface area contributed by atoms with Crippen LogP contribution in [-0.2, 0) is 0 Å². The fourth-order valence-electron chi connectivity index (χ4n) is 1.56. The van der Waals surface area contributed by atoms with Gasteiger partial charge in [-0.1, -0.05) is 0 Å². The lowest BCUT2D eigenvalue weighted by Crippen LogP contribution is -2.17. The number of nitrogens with one attached hydrogen (secondary N) is 1. The number of nitro benzene ring substituents is 1. The van der Waals surface area contributed by atoms with Crippen molar-refractivity contribution in [1.29, 1.82) is 0 Å². The van der Waals surface area contributed by atoms with Gasteiger partial charge in [0.25, 0.3) is 5.91 Å². The summed E-state index contributed by atoms with van der Waals surface area (Å²) in [4.78, 5) is 25.1. The number of nitrogens with zero attached hydrogens (tertiary/aromatic N) is 2. The van der Waals surface area contributed by atoms with Gasteiger partial charge in [0.2, 0.25) is 5.82 Å². The fraction of sp³-hybridized carbons (Fsp3) is 0. The first-order valence-electron chi connectivity index (χ1n) is 5.55. The zero-order valence-electron chi connectivity index (χ0n) is 10.3. The van der Waals surface area contributed by atoms with Crippen LogP contribution in [0.25, 0.3) is 0 Å². The molecule has 108 valence electrons. The van der Waals surface area contributed by atoms with Gasteiger partial charge in [-0.3, -0.25) is 14.9 Å². The standard InChI is InChI=1S/C12H8F2N4O3/c13-7-2-3-8(18(20)21)11(14)10(7)12(19)17-6-1-4-9(15)16-5-6/h1-5H,(H2,15,16)(H,17,19). The third-order valence-corrected chi connectivity index (χ3v) is 2.54. The summed E-state index contributed by atoms with van der Waals surface area (Å²) < 4.78 is 27.4. The van der Waals surface area contributed by atoms with E-state index < -0.39 is 33.7 Å². The Morgan fingerprint density at radius 2 is 2.00 bits per heavy atom. The number of carbonyl (C=O) groups is 1. The van der Waals surface area contributed by atoms with Crippen LogP contribution in [-0.4, -0.2) is 15.8 Å². The number of carbonyl (C=O) groups excluding carboxylic acids is 1. The summed E-state index contributed by atoms with van der Waals surface area (Å²) in [6.45, 7) is 0. The molecule has 0 saturated carbocycles. The minimum atomic E-state index is -1.54. The summed E-state index contributed by atoms with van der Waals surface area (Å²) in [6, 6.07) is 4.03. The Bertz CT molecular complexity index is 719. The molecule has 1 amide bonds. The second-order valence-corrected chi connectivity index (χ2v) is 3.94. The Balaban J connectivity index is 2.37. The van der Waals surface area contributed by atoms with Crippen molar-refractivity contribution in [2.45, 2.75) is 0 Å². The molecule has 0 aliphatic rings. The van der Waals surface area contributed by atoms with Crippen LogP contribution in [0.2, 0.25) is 0 Å². The molecule has 0 saturated heterocycles.